The van der Waals surface area contributed by atoms with E-state index in [9.17, 15) is 4.79 Å². The van der Waals surface area contributed by atoms with Gasteiger partial charge in [0.05, 0.1) is 24.6 Å². The lowest BCUT2D eigenvalue weighted by molar-refractivity contribution is 0.0948. The third-order valence-corrected chi connectivity index (χ3v) is 4.51. The molecule has 2 heterocycles. The van der Waals surface area contributed by atoms with Gasteiger partial charge in [-0.2, -0.15) is 0 Å². The molecule has 0 atom stereocenters. The van der Waals surface area contributed by atoms with Gasteiger partial charge >= 0.3 is 0 Å². The predicted octanol–water partition coefficient (Wildman–Crippen LogP) is 5.29. The molecule has 2 aromatic heterocycles. The summed E-state index contributed by atoms with van der Waals surface area (Å²) in [6.45, 7) is 0.315. The Bertz CT molecular complexity index is 1070. The molecule has 0 bridgehead atoms. The maximum Gasteiger partial charge on any atom is 0.252 e. The molecule has 1 amide bonds. The van der Waals surface area contributed by atoms with Crippen LogP contribution in [-0.2, 0) is 6.54 Å². The first-order valence-electron chi connectivity index (χ1n) is 8.32. The lowest BCUT2D eigenvalue weighted by atomic mass is 10.1. The van der Waals surface area contributed by atoms with Crippen molar-refractivity contribution < 1.29 is 13.6 Å². The van der Waals surface area contributed by atoms with Crippen molar-refractivity contribution in [2.45, 2.75) is 6.54 Å². The van der Waals surface area contributed by atoms with Gasteiger partial charge in [0.2, 0.25) is 5.89 Å². The Hall–Kier alpha value is -3.12. The molecule has 27 heavy (non-hydrogen) atoms. The van der Waals surface area contributed by atoms with Gasteiger partial charge in [0.25, 0.3) is 5.91 Å². The van der Waals surface area contributed by atoms with Gasteiger partial charge in [-0.25, -0.2) is 4.98 Å². The molecule has 0 fully saturated rings. The second kappa shape index (κ2) is 7.63. The maximum absolute atomic E-state index is 12.6. The van der Waals surface area contributed by atoms with Crippen molar-refractivity contribution in [3.05, 3.63) is 88.9 Å². The number of furan rings is 1. The van der Waals surface area contributed by atoms with Crippen LogP contribution in [0.3, 0.4) is 0 Å². The Morgan fingerprint density at radius 2 is 1.96 bits per heavy atom. The van der Waals surface area contributed by atoms with Crippen molar-refractivity contribution in [2.24, 2.45) is 0 Å². The van der Waals surface area contributed by atoms with E-state index < -0.39 is 0 Å². The molecule has 6 heteroatoms. The predicted molar refractivity (Wildman–Crippen MR) is 105 cm³/mol. The van der Waals surface area contributed by atoms with E-state index in [-0.39, 0.29) is 5.91 Å². The van der Waals surface area contributed by atoms with Crippen molar-refractivity contribution in [1.82, 2.24) is 10.3 Å². The summed E-state index contributed by atoms with van der Waals surface area (Å²) in [5.41, 5.74) is 2.03. The monoisotopic (exact) mass is 422 g/mol. The summed E-state index contributed by atoms with van der Waals surface area (Å²) in [5.74, 6) is 1.50. The fraction of sp³-hybridized carbons (Fsp3) is 0.0476. The third kappa shape index (κ3) is 3.85. The zero-order valence-electron chi connectivity index (χ0n) is 14.2. The van der Waals surface area contributed by atoms with E-state index in [0.29, 0.717) is 35.1 Å². The van der Waals surface area contributed by atoms with Crippen LogP contribution in [0.25, 0.3) is 22.8 Å². The number of rotatable bonds is 5. The first-order valence-corrected chi connectivity index (χ1v) is 9.12. The minimum absolute atomic E-state index is 0.218. The number of amides is 1. The average Bonchev–Trinajstić information content (AvgIpc) is 3.38. The minimum Gasteiger partial charge on any atom is -0.467 e. The second-order valence-electron chi connectivity index (χ2n) is 5.85. The maximum atomic E-state index is 12.6. The van der Waals surface area contributed by atoms with E-state index in [1.807, 2.05) is 48.5 Å². The summed E-state index contributed by atoms with van der Waals surface area (Å²) in [6.07, 6.45) is 3.24. The molecule has 0 saturated heterocycles. The highest BCUT2D eigenvalue weighted by Crippen LogP contribution is 2.29. The van der Waals surface area contributed by atoms with Crippen LogP contribution in [0.2, 0.25) is 0 Å². The van der Waals surface area contributed by atoms with E-state index >= 15 is 0 Å². The van der Waals surface area contributed by atoms with Gasteiger partial charge in [-0.15, -0.1) is 0 Å². The first kappa shape index (κ1) is 17.3. The molecule has 0 aliphatic rings. The summed E-state index contributed by atoms with van der Waals surface area (Å²) in [6, 6.07) is 18.6. The van der Waals surface area contributed by atoms with Crippen molar-refractivity contribution in [3.63, 3.8) is 0 Å². The van der Waals surface area contributed by atoms with Crippen LogP contribution in [0.15, 0.2) is 86.4 Å². The minimum atomic E-state index is -0.218. The molecule has 134 valence electrons. The Labute approximate surface area is 164 Å². The quantitative estimate of drug-likeness (QED) is 0.474. The van der Waals surface area contributed by atoms with E-state index in [0.717, 1.165) is 10.0 Å². The van der Waals surface area contributed by atoms with Crippen LogP contribution in [-0.4, -0.2) is 10.9 Å². The van der Waals surface area contributed by atoms with Gasteiger partial charge in [-0.05, 0) is 36.4 Å². The number of oxazole rings is 1. The number of carbonyl (C=O) groups excluding carboxylic acids is 1. The number of halogens is 1. The molecular weight excluding hydrogens is 408 g/mol. The molecule has 4 rings (SSSR count). The SMILES string of the molecule is O=C(NCc1ccco1)c1ccccc1-c1ncc(-c2cccc(Br)c2)o1. The second-order valence-corrected chi connectivity index (χ2v) is 6.76. The number of nitrogens with zero attached hydrogens (tertiary/aromatic N) is 1. The Kier molecular flexibility index (Phi) is 4.89. The summed E-state index contributed by atoms with van der Waals surface area (Å²) in [7, 11) is 0. The van der Waals surface area contributed by atoms with Crippen molar-refractivity contribution in [1.29, 1.82) is 0 Å². The van der Waals surface area contributed by atoms with Gasteiger partial charge in [0.15, 0.2) is 5.76 Å². The molecule has 0 saturated carbocycles. The van der Waals surface area contributed by atoms with Crippen LogP contribution in [0.1, 0.15) is 16.1 Å². The molecular formula is C21H15BrN2O3. The fourth-order valence-corrected chi connectivity index (χ4v) is 3.12. The van der Waals surface area contributed by atoms with Gasteiger partial charge < -0.3 is 14.2 Å². The lowest BCUT2D eigenvalue weighted by Gasteiger charge is -2.07. The number of hydrogen-bond acceptors (Lipinski definition) is 4. The molecule has 0 aliphatic heterocycles. The topological polar surface area (TPSA) is 68.3 Å². The van der Waals surface area contributed by atoms with Crippen LogP contribution in [0.4, 0.5) is 0 Å². The molecule has 1 N–H and O–H groups in total. The van der Waals surface area contributed by atoms with E-state index in [1.54, 1.807) is 24.6 Å². The third-order valence-electron chi connectivity index (χ3n) is 4.02. The smallest absolute Gasteiger partial charge is 0.252 e. The first-order chi connectivity index (χ1) is 13.2. The Balaban J connectivity index is 1.60. The van der Waals surface area contributed by atoms with Crippen LogP contribution in [0.5, 0.6) is 0 Å². The highest BCUT2D eigenvalue weighted by Gasteiger charge is 2.17. The Morgan fingerprint density at radius 1 is 1.07 bits per heavy atom. The summed E-state index contributed by atoms with van der Waals surface area (Å²) in [4.78, 5) is 17.0. The largest absolute Gasteiger partial charge is 0.467 e. The lowest BCUT2D eigenvalue weighted by Crippen LogP contribution is -2.23. The molecule has 2 aromatic carbocycles. The zero-order chi connectivity index (χ0) is 18.6. The van der Waals surface area contributed by atoms with E-state index in [1.165, 1.54) is 0 Å². The molecule has 0 aliphatic carbocycles. The summed E-state index contributed by atoms with van der Waals surface area (Å²) in [5, 5.41) is 2.85. The van der Waals surface area contributed by atoms with Gasteiger partial charge in [0, 0.05) is 15.6 Å². The average molecular weight is 423 g/mol. The highest BCUT2D eigenvalue weighted by atomic mass is 79.9. The van der Waals surface area contributed by atoms with Crippen molar-refractivity contribution >= 4 is 21.8 Å². The van der Waals surface area contributed by atoms with E-state index in [4.69, 9.17) is 8.83 Å². The normalized spacial score (nSPS) is 10.7. The van der Waals surface area contributed by atoms with Gasteiger partial charge in [-0.3, -0.25) is 4.79 Å². The van der Waals surface area contributed by atoms with E-state index in [2.05, 4.69) is 26.2 Å². The fourth-order valence-electron chi connectivity index (χ4n) is 2.72. The molecule has 0 spiro atoms. The standard InChI is InChI=1S/C21H15BrN2O3/c22-15-6-3-5-14(11-15)19-13-24-21(27-19)18-9-2-1-8-17(18)20(25)23-12-16-7-4-10-26-16/h1-11,13H,12H2,(H,23,25). The van der Waals surface area contributed by atoms with Crippen LogP contribution >= 0.6 is 15.9 Å². The number of benzene rings is 2. The summed E-state index contributed by atoms with van der Waals surface area (Å²) >= 11 is 3.45. The molecule has 0 unspecified atom stereocenters. The zero-order valence-corrected chi connectivity index (χ0v) is 15.8. The molecule has 4 aromatic rings. The van der Waals surface area contributed by atoms with Crippen LogP contribution in [0, 0.1) is 0 Å². The molecule has 0 radical (unpaired) electrons. The van der Waals surface area contributed by atoms with Crippen molar-refractivity contribution in [3.8, 4) is 22.8 Å². The van der Waals surface area contributed by atoms with Gasteiger partial charge in [-0.1, -0.05) is 40.2 Å². The summed E-state index contributed by atoms with van der Waals surface area (Å²) < 4.78 is 12.1. The van der Waals surface area contributed by atoms with Crippen molar-refractivity contribution in [2.75, 3.05) is 0 Å². The highest BCUT2D eigenvalue weighted by molar-refractivity contribution is 9.10. The Morgan fingerprint density at radius 3 is 2.78 bits per heavy atom. The van der Waals surface area contributed by atoms with Crippen LogP contribution < -0.4 is 5.32 Å². The van der Waals surface area contributed by atoms with Gasteiger partial charge in [0.1, 0.15) is 5.76 Å². The number of carbonyl (C=O) groups is 1. The number of nitrogens with one attached hydrogen (secondary N) is 1. The number of aromatic nitrogens is 1. The number of hydrogen-bond donors (Lipinski definition) is 1. The molecule has 5 nitrogen and oxygen atoms in total.